The largest absolute Gasteiger partial charge is 0.375 e. The molecule has 0 saturated heterocycles. The number of halogens is 3. The third kappa shape index (κ3) is 2.64. The van der Waals surface area contributed by atoms with E-state index in [1.54, 1.807) is 12.1 Å². The van der Waals surface area contributed by atoms with Crippen LogP contribution < -0.4 is 5.73 Å². The molecule has 0 bridgehead atoms. The average molecular weight is 363 g/mol. The topological polar surface area (TPSA) is 51.8 Å². The second-order valence-electron chi connectivity index (χ2n) is 3.86. The number of nitrogens with zero attached hydrogens (tertiary/aromatic N) is 2. The van der Waals surface area contributed by atoms with E-state index >= 15 is 0 Å². The van der Waals surface area contributed by atoms with Crippen LogP contribution in [0.25, 0.3) is 22.0 Å². The Kier molecular flexibility index (Phi) is 3.88. The summed E-state index contributed by atoms with van der Waals surface area (Å²) in [5, 5.41) is 6.27. The molecule has 3 rings (SSSR count). The van der Waals surface area contributed by atoms with Gasteiger partial charge in [-0.3, -0.25) is 0 Å². The number of rotatable bonds is 2. The van der Waals surface area contributed by atoms with Crippen molar-refractivity contribution in [3.05, 3.63) is 38.0 Å². The van der Waals surface area contributed by atoms with Crippen molar-refractivity contribution in [2.75, 3.05) is 5.73 Å². The molecule has 0 unspecified atom stereocenters. The van der Waals surface area contributed by atoms with E-state index in [1.807, 2.05) is 10.8 Å². The Balaban J connectivity index is 2.02. The van der Waals surface area contributed by atoms with Crippen LogP contribution in [0.15, 0.2) is 22.9 Å². The lowest BCUT2D eigenvalue weighted by Gasteiger charge is -2.02. The molecule has 20 heavy (non-hydrogen) atoms. The van der Waals surface area contributed by atoms with Crippen LogP contribution >= 0.6 is 57.5 Å². The van der Waals surface area contributed by atoms with Crippen molar-refractivity contribution in [2.24, 2.45) is 0 Å². The van der Waals surface area contributed by atoms with Crippen molar-refractivity contribution in [3.8, 4) is 22.0 Å². The summed E-state index contributed by atoms with van der Waals surface area (Å²) in [6.07, 6.45) is 0. The summed E-state index contributed by atoms with van der Waals surface area (Å²) in [5.74, 6) is 0. The standard InChI is InChI=1S/C12H6Cl3N3S2/c13-6-1-5(2-7(14)10(6)15)8-3-19-11(17-8)9-4-20-12(16)18-9/h1-4H,(H2,16,18). The lowest BCUT2D eigenvalue weighted by molar-refractivity contribution is 1.34. The lowest BCUT2D eigenvalue weighted by Crippen LogP contribution is -1.83. The Morgan fingerprint density at radius 2 is 1.55 bits per heavy atom. The first-order valence-electron chi connectivity index (χ1n) is 5.36. The monoisotopic (exact) mass is 361 g/mol. The zero-order valence-corrected chi connectivity index (χ0v) is 13.6. The van der Waals surface area contributed by atoms with Crippen LogP contribution in [-0.4, -0.2) is 9.97 Å². The fraction of sp³-hybridized carbons (Fsp3) is 0. The molecular formula is C12H6Cl3N3S2. The Morgan fingerprint density at radius 1 is 0.900 bits per heavy atom. The fourth-order valence-electron chi connectivity index (χ4n) is 1.61. The summed E-state index contributed by atoms with van der Waals surface area (Å²) >= 11 is 20.9. The van der Waals surface area contributed by atoms with Gasteiger partial charge in [-0.15, -0.1) is 22.7 Å². The predicted molar refractivity (Wildman–Crippen MR) is 88.1 cm³/mol. The highest BCUT2D eigenvalue weighted by Gasteiger charge is 2.12. The molecule has 0 aliphatic rings. The Bertz CT molecular complexity index is 759. The van der Waals surface area contributed by atoms with E-state index in [4.69, 9.17) is 40.5 Å². The van der Waals surface area contributed by atoms with Gasteiger partial charge in [-0.1, -0.05) is 34.8 Å². The van der Waals surface area contributed by atoms with Crippen LogP contribution in [0.2, 0.25) is 15.1 Å². The van der Waals surface area contributed by atoms with Gasteiger partial charge in [-0.2, -0.15) is 0 Å². The number of nitrogen functional groups attached to an aromatic ring is 1. The minimum Gasteiger partial charge on any atom is -0.375 e. The molecule has 0 aliphatic carbocycles. The summed E-state index contributed by atoms with van der Waals surface area (Å²) in [6.45, 7) is 0. The minimum atomic E-state index is 0.347. The maximum absolute atomic E-state index is 6.03. The van der Waals surface area contributed by atoms with E-state index in [0.717, 1.165) is 22.0 Å². The van der Waals surface area contributed by atoms with Crippen LogP contribution in [0.5, 0.6) is 0 Å². The number of anilines is 1. The Hall–Kier alpha value is -0.850. The third-order valence-electron chi connectivity index (χ3n) is 2.52. The highest BCUT2D eigenvalue weighted by atomic mass is 35.5. The highest BCUT2D eigenvalue weighted by molar-refractivity contribution is 7.15. The second kappa shape index (κ2) is 5.50. The molecular weight excluding hydrogens is 357 g/mol. The van der Waals surface area contributed by atoms with Gasteiger partial charge in [0.15, 0.2) is 5.13 Å². The van der Waals surface area contributed by atoms with Crippen molar-refractivity contribution in [1.82, 2.24) is 9.97 Å². The number of hydrogen-bond donors (Lipinski definition) is 1. The summed E-state index contributed by atoms with van der Waals surface area (Å²) in [6, 6.07) is 3.48. The molecule has 1 aromatic carbocycles. The maximum atomic E-state index is 6.03. The molecule has 0 spiro atoms. The van der Waals surface area contributed by atoms with E-state index in [9.17, 15) is 0 Å². The number of aromatic nitrogens is 2. The van der Waals surface area contributed by atoms with Crippen LogP contribution in [0.1, 0.15) is 0 Å². The van der Waals surface area contributed by atoms with Crippen LogP contribution in [0.3, 0.4) is 0 Å². The molecule has 2 aromatic heterocycles. The van der Waals surface area contributed by atoms with Gasteiger partial charge in [0.2, 0.25) is 0 Å². The highest BCUT2D eigenvalue weighted by Crippen LogP contribution is 2.36. The second-order valence-corrected chi connectivity index (χ2v) is 6.80. The Morgan fingerprint density at radius 3 is 2.15 bits per heavy atom. The van der Waals surface area contributed by atoms with Gasteiger partial charge in [0.05, 0.1) is 20.8 Å². The van der Waals surface area contributed by atoms with E-state index in [-0.39, 0.29) is 0 Å². The first-order chi connectivity index (χ1) is 9.54. The average Bonchev–Trinajstić information content (AvgIpc) is 3.03. The molecule has 0 atom stereocenters. The maximum Gasteiger partial charge on any atom is 0.180 e. The van der Waals surface area contributed by atoms with Gasteiger partial charge >= 0.3 is 0 Å². The predicted octanol–water partition coefficient (Wildman–Crippen LogP) is 5.48. The van der Waals surface area contributed by atoms with E-state index in [0.29, 0.717) is 20.2 Å². The third-order valence-corrected chi connectivity index (χ3v) is 5.26. The number of hydrogen-bond acceptors (Lipinski definition) is 5. The lowest BCUT2D eigenvalue weighted by atomic mass is 10.2. The van der Waals surface area contributed by atoms with Gasteiger partial charge in [0.1, 0.15) is 10.7 Å². The molecule has 0 radical (unpaired) electrons. The van der Waals surface area contributed by atoms with Crippen molar-refractivity contribution in [1.29, 1.82) is 0 Å². The van der Waals surface area contributed by atoms with E-state index in [1.165, 1.54) is 22.7 Å². The first-order valence-corrected chi connectivity index (χ1v) is 8.25. The normalized spacial score (nSPS) is 10.9. The molecule has 0 aliphatic heterocycles. The van der Waals surface area contributed by atoms with E-state index < -0.39 is 0 Å². The zero-order chi connectivity index (χ0) is 14.3. The van der Waals surface area contributed by atoms with Crippen LogP contribution in [0.4, 0.5) is 5.13 Å². The summed E-state index contributed by atoms with van der Waals surface area (Å²) in [4.78, 5) is 8.73. The number of benzene rings is 1. The fourth-order valence-corrected chi connectivity index (χ4v) is 3.62. The number of thiazole rings is 2. The van der Waals surface area contributed by atoms with Crippen molar-refractivity contribution in [3.63, 3.8) is 0 Å². The van der Waals surface area contributed by atoms with Crippen LogP contribution in [0, 0.1) is 0 Å². The summed E-state index contributed by atoms with van der Waals surface area (Å²) in [7, 11) is 0. The van der Waals surface area contributed by atoms with Gasteiger partial charge < -0.3 is 5.73 Å². The van der Waals surface area contributed by atoms with Crippen molar-refractivity contribution >= 4 is 62.6 Å². The smallest absolute Gasteiger partial charge is 0.180 e. The zero-order valence-electron chi connectivity index (χ0n) is 9.73. The molecule has 3 aromatic rings. The Labute approximate surface area is 138 Å². The van der Waals surface area contributed by atoms with Gasteiger partial charge in [-0.05, 0) is 12.1 Å². The molecule has 0 fully saturated rings. The quantitative estimate of drug-likeness (QED) is 0.614. The van der Waals surface area contributed by atoms with Crippen LogP contribution in [-0.2, 0) is 0 Å². The molecule has 3 nitrogen and oxygen atoms in total. The minimum absolute atomic E-state index is 0.347. The van der Waals surface area contributed by atoms with E-state index in [2.05, 4.69) is 9.97 Å². The van der Waals surface area contributed by atoms with Crippen molar-refractivity contribution < 1.29 is 0 Å². The molecule has 2 heterocycles. The molecule has 0 amide bonds. The molecule has 0 saturated carbocycles. The summed E-state index contributed by atoms with van der Waals surface area (Å²) < 4.78 is 0. The van der Waals surface area contributed by atoms with Gasteiger partial charge in [0, 0.05) is 16.3 Å². The number of nitrogens with two attached hydrogens (primary N) is 1. The molecule has 102 valence electrons. The molecule has 2 N–H and O–H groups in total. The van der Waals surface area contributed by atoms with Crippen molar-refractivity contribution in [2.45, 2.75) is 0 Å². The summed E-state index contributed by atoms with van der Waals surface area (Å²) in [5.41, 5.74) is 7.99. The van der Waals surface area contributed by atoms with Gasteiger partial charge in [0.25, 0.3) is 0 Å². The molecule has 8 heteroatoms. The van der Waals surface area contributed by atoms with Gasteiger partial charge in [-0.25, -0.2) is 9.97 Å². The SMILES string of the molecule is Nc1nc(-c2nc(-c3cc(Cl)c(Cl)c(Cl)c3)cs2)cs1. The first kappa shape index (κ1) is 14.1.